The Labute approximate surface area is 145 Å². The zero-order chi connectivity index (χ0) is 16.8. The maximum absolute atomic E-state index is 12.3. The molecule has 2 aromatic rings. The third-order valence-electron chi connectivity index (χ3n) is 3.81. The highest BCUT2D eigenvalue weighted by atomic mass is 35.5. The minimum atomic E-state index is -0.200. The van der Waals surface area contributed by atoms with Gasteiger partial charge in [0.25, 0.3) is 5.91 Å². The molecule has 7 heteroatoms. The van der Waals surface area contributed by atoms with E-state index in [1.54, 1.807) is 6.07 Å². The van der Waals surface area contributed by atoms with E-state index in [1.807, 2.05) is 24.3 Å². The Hall–Kier alpha value is -2.18. The molecule has 0 saturated carbocycles. The van der Waals surface area contributed by atoms with Crippen LogP contribution < -0.4 is 10.2 Å². The van der Waals surface area contributed by atoms with Crippen LogP contribution >= 0.6 is 11.6 Å². The second-order valence-corrected chi connectivity index (χ2v) is 5.93. The summed E-state index contributed by atoms with van der Waals surface area (Å²) in [5, 5.41) is 3.58. The number of nitrogens with one attached hydrogen (secondary N) is 1. The number of benzene rings is 1. The van der Waals surface area contributed by atoms with E-state index < -0.39 is 0 Å². The van der Waals surface area contributed by atoms with Crippen molar-refractivity contribution in [3.63, 3.8) is 0 Å². The Morgan fingerprint density at radius 3 is 2.88 bits per heavy atom. The zero-order valence-electron chi connectivity index (χ0n) is 13.2. The van der Waals surface area contributed by atoms with Crippen molar-refractivity contribution in [1.29, 1.82) is 0 Å². The first-order valence-electron chi connectivity index (χ1n) is 7.90. The zero-order valence-corrected chi connectivity index (χ0v) is 14.0. The molecule has 0 unspecified atom stereocenters. The first-order valence-corrected chi connectivity index (χ1v) is 8.27. The van der Waals surface area contributed by atoms with Crippen molar-refractivity contribution >= 4 is 23.3 Å². The smallest absolute Gasteiger partial charge is 0.270 e. The van der Waals surface area contributed by atoms with E-state index in [4.69, 9.17) is 16.3 Å². The number of nitrogens with zero attached hydrogens (tertiary/aromatic N) is 3. The highest BCUT2D eigenvalue weighted by Crippen LogP contribution is 2.13. The van der Waals surface area contributed by atoms with Gasteiger partial charge in [-0.2, -0.15) is 0 Å². The van der Waals surface area contributed by atoms with Gasteiger partial charge in [-0.15, -0.1) is 0 Å². The summed E-state index contributed by atoms with van der Waals surface area (Å²) in [6, 6.07) is 9.34. The number of amides is 1. The molecule has 1 saturated heterocycles. The fourth-order valence-electron chi connectivity index (χ4n) is 2.54. The largest absolute Gasteiger partial charge is 0.378 e. The number of hydrogen-bond donors (Lipinski definition) is 1. The van der Waals surface area contributed by atoms with Crippen LogP contribution in [0.3, 0.4) is 0 Å². The summed E-state index contributed by atoms with van der Waals surface area (Å²) >= 11 is 5.96. The van der Waals surface area contributed by atoms with Crippen molar-refractivity contribution in [2.24, 2.45) is 0 Å². The second-order valence-electron chi connectivity index (χ2n) is 5.50. The lowest BCUT2D eigenvalue weighted by Gasteiger charge is -2.27. The molecule has 1 amide bonds. The molecule has 0 aliphatic carbocycles. The predicted octanol–water partition coefficient (Wildman–Crippen LogP) is 1.94. The Morgan fingerprint density at radius 2 is 2.08 bits per heavy atom. The molecule has 126 valence electrons. The maximum Gasteiger partial charge on any atom is 0.270 e. The Morgan fingerprint density at radius 1 is 1.25 bits per heavy atom. The molecule has 24 heavy (non-hydrogen) atoms. The molecule has 0 spiro atoms. The molecular weight excluding hydrogens is 328 g/mol. The van der Waals surface area contributed by atoms with Gasteiger partial charge in [-0.1, -0.05) is 23.7 Å². The quantitative estimate of drug-likeness (QED) is 0.896. The summed E-state index contributed by atoms with van der Waals surface area (Å²) in [6.07, 6.45) is 2.14. The highest BCUT2D eigenvalue weighted by molar-refractivity contribution is 6.30. The number of anilines is 1. The monoisotopic (exact) mass is 346 g/mol. The van der Waals surface area contributed by atoms with Crippen LogP contribution in [0.15, 0.2) is 36.7 Å². The third kappa shape index (κ3) is 4.43. The molecular formula is C17H19ClN4O2. The number of hydrogen-bond acceptors (Lipinski definition) is 5. The van der Waals surface area contributed by atoms with Crippen LogP contribution in [-0.2, 0) is 11.2 Å². The fourth-order valence-corrected chi connectivity index (χ4v) is 2.75. The topological polar surface area (TPSA) is 67.4 Å². The molecule has 1 aromatic carbocycles. The van der Waals surface area contributed by atoms with Gasteiger partial charge in [-0.3, -0.25) is 4.79 Å². The minimum absolute atomic E-state index is 0.200. The molecule has 0 bridgehead atoms. The summed E-state index contributed by atoms with van der Waals surface area (Å²) in [7, 11) is 0. The number of halogens is 1. The molecule has 0 radical (unpaired) electrons. The van der Waals surface area contributed by atoms with E-state index >= 15 is 0 Å². The lowest BCUT2D eigenvalue weighted by atomic mass is 10.1. The summed E-state index contributed by atoms with van der Waals surface area (Å²) in [4.78, 5) is 22.7. The van der Waals surface area contributed by atoms with Crippen molar-refractivity contribution in [2.75, 3.05) is 37.7 Å². The number of carbonyl (C=O) groups is 1. The van der Waals surface area contributed by atoms with Gasteiger partial charge in [-0.05, 0) is 24.1 Å². The van der Waals surface area contributed by atoms with Gasteiger partial charge < -0.3 is 15.0 Å². The normalized spacial score (nSPS) is 14.5. The van der Waals surface area contributed by atoms with Gasteiger partial charge in [0, 0.05) is 30.7 Å². The van der Waals surface area contributed by atoms with Crippen LogP contribution in [0, 0.1) is 0 Å². The Bertz CT molecular complexity index is 704. The van der Waals surface area contributed by atoms with Crippen molar-refractivity contribution in [1.82, 2.24) is 15.3 Å². The van der Waals surface area contributed by atoms with E-state index in [1.165, 1.54) is 6.33 Å². The standard InChI is InChI=1S/C17H19ClN4O2/c18-14-3-1-2-13(10-14)4-5-19-17(23)15-11-16(21-12-20-15)22-6-8-24-9-7-22/h1-3,10-12H,4-9H2,(H,19,23). The van der Waals surface area contributed by atoms with Gasteiger partial charge in [0.15, 0.2) is 0 Å². The van der Waals surface area contributed by atoms with Gasteiger partial charge in [0.2, 0.25) is 0 Å². The molecule has 1 fully saturated rings. The van der Waals surface area contributed by atoms with E-state index in [0.29, 0.717) is 36.9 Å². The summed E-state index contributed by atoms with van der Waals surface area (Å²) in [5.74, 6) is 0.558. The third-order valence-corrected chi connectivity index (χ3v) is 4.04. The molecule has 0 atom stereocenters. The van der Waals surface area contributed by atoms with E-state index in [-0.39, 0.29) is 5.91 Å². The van der Waals surface area contributed by atoms with Crippen LogP contribution in [0.1, 0.15) is 16.1 Å². The van der Waals surface area contributed by atoms with Crippen LogP contribution in [0.2, 0.25) is 5.02 Å². The predicted molar refractivity (Wildman–Crippen MR) is 92.6 cm³/mol. The number of carbonyl (C=O) groups excluding carboxylic acids is 1. The summed E-state index contributed by atoms with van der Waals surface area (Å²) in [6.45, 7) is 3.41. The first-order chi connectivity index (χ1) is 11.7. The van der Waals surface area contributed by atoms with Crippen LogP contribution in [0.5, 0.6) is 0 Å². The second kappa shape index (κ2) is 8.08. The maximum atomic E-state index is 12.3. The lowest BCUT2D eigenvalue weighted by Crippen LogP contribution is -2.37. The molecule has 1 aliphatic rings. The van der Waals surface area contributed by atoms with Gasteiger partial charge >= 0.3 is 0 Å². The van der Waals surface area contributed by atoms with E-state index in [9.17, 15) is 4.79 Å². The molecule has 3 rings (SSSR count). The Kier molecular flexibility index (Phi) is 5.61. The molecule has 1 aromatic heterocycles. The summed E-state index contributed by atoms with van der Waals surface area (Å²) in [5.41, 5.74) is 1.46. The average molecular weight is 347 g/mol. The van der Waals surface area contributed by atoms with Gasteiger partial charge in [-0.25, -0.2) is 9.97 Å². The SMILES string of the molecule is O=C(NCCc1cccc(Cl)c1)c1cc(N2CCOCC2)ncn1. The van der Waals surface area contributed by atoms with Crippen molar-refractivity contribution < 1.29 is 9.53 Å². The van der Waals surface area contributed by atoms with Crippen LogP contribution in [0.25, 0.3) is 0 Å². The Balaban J connectivity index is 1.56. The average Bonchev–Trinajstić information content (AvgIpc) is 2.62. The summed E-state index contributed by atoms with van der Waals surface area (Å²) < 4.78 is 5.33. The first kappa shape index (κ1) is 16.7. The van der Waals surface area contributed by atoms with Gasteiger partial charge in [0.05, 0.1) is 13.2 Å². The number of aromatic nitrogens is 2. The van der Waals surface area contributed by atoms with E-state index in [0.717, 1.165) is 24.5 Å². The highest BCUT2D eigenvalue weighted by Gasteiger charge is 2.15. The van der Waals surface area contributed by atoms with Crippen LogP contribution in [0.4, 0.5) is 5.82 Å². The van der Waals surface area contributed by atoms with Crippen molar-refractivity contribution in [3.05, 3.63) is 52.9 Å². The van der Waals surface area contributed by atoms with Gasteiger partial charge in [0.1, 0.15) is 17.8 Å². The molecule has 6 nitrogen and oxygen atoms in total. The van der Waals surface area contributed by atoms with Crippen LogP contribution in [-0.4, -0.2) is 48.7 Å². The minimum Gasteiger partial charge on any atom is -0.378 e. The molecule has 1 N–H and O–H groups in total. The number of rotatable bonds is 5. The molecule has 2 heterocycles. The number of morpholine rings is 1. The van der Waals surface area contributed by atoms with Crippen molar-refractivity contribution in [3.8, 4) is 0 Å². The molecule has 1 aliphatic heterocycles. The number of ether oxygens (including phenoxy) is 1. The lowest BCUT2D eigenvalue weighted by molar-refractivity contribution is 0.0949. The van der Waals surface area contributed by atoms with Crippen molar-refractivity contribution in [2.45, 2.75) is 6.42 Å². The fraction of sp³-hybridized carbons (Fsp3) is 0.353. The van der Waals surface area contributed by atoms with E-state index in [2.05, 4.69) is 20.2 Å².